The minimum absolute atomic E-state index is 0.122. The average Bonchev–Trinajstić information content (AvgIpc) is 2.82. The van der Waals surface area contributed by atoms with E-state index in [-0.39, 0.29) is 17.3 Å². The molecule has 0 aliphatic carbocycles. The van der Waals surface area contributed by atoms with Crippen LogP contribution in [0.25, 0.3) is 10.8 Å². The summed E-state index contributed by atoms with van der Waals surface area (Å²) in [6, 6.07) is 18.5. The first-order valence-electron chi connectivity index (χ1n) is 10.4. The van der Waals surface area contributed by atoms with E-state index in [1.165, 1.54) is 12.1 Å². The zero-order chi connectivity index (χ0) is 24.3. The van der Waals surface area contributed by atoms with Gasteiger partial charge in [0, 0.05) is 41.5 Å². The molecule has 7 nitrogen and oxygen atoms in total. The van der Waals surface area contributed by atoms with Crippen LogP contribution in [0.15, 0.2) is 84.0 Å². The van der Waals surface area contributed by atoms with Crippen molar-refractivity contribution >= 4 is 44.1 Å². The van der Waals surface area contributed by atoms with Crippen molar-refractivity contribution in [1.82, 2.24) is 4.98 Å². The van der Waals surface area contributed by atoms with Gasteiger partial charge in [0.2, 0.25) is 5.91 Å². The van der Waals surface area contributed by atoms with Gasteiger partial charge in [-0.1, -0.05) is 41.9 Å². The Kier molecular flexibility index (Phi) is 6.95. The molecule has 3 aromatic carbocycles. The van der Waals surface area contributed by atoms with E-state index in [9.17, 15) is 17.8 Å². The normalized spacial score (nSPS) is 12.4. The Labute approximate surface area is 202 Å². The lowest BCUT2D eigenvalue weighted by Crippen LogP contribution is -2.27. The first kappa shape index (κ1) is 23.8. The van der Waals surface area contributed by atoms with Gasteiger partial charge in [-0.15, -0.1) is 0 Å². The van der Waals surface area contributed by atoms with Crippen molar-refractivity contribution in [3.8, 4) is 0 Å². The number of anilines is 1. The molecule has 1 heterocycles. The van der Waals surface area contributed by atoms with Gasteiger partial charge >= 0.3 is 0 Å². The first-order valence-corrected chi connectivity index (χ1v) is 12.3. The fraction of sp³-hybridized carbons (Fsp3) is 0.120. The van der Waals surface area contributed by atoms with E-state index in [0.717, 1.165) is 27.5 Å². The minimum Gasteiger partial charge on any atom is -0.329 e. The second kappa shape index (κ2) is 9.90. The van der Waals surface area contributed by atoms with E-state index in [1.54, 1.807) is 48.8 Å². The van der Waals surface area contributed by atoms with Crippen LogP contribution in [0.3, 0.4) is 0 Å². The number of carbonyl (C=O) groups excluding carboxylic acids is 1. The van der Waals surface area contributed by atoms with E-state index < -0.39 is 16.0 Å². The number of benzene rings is 3. The fourth-order valence-corrected chi connectivity index (χ4v) is 4.44. The second-order valence-electron chi connectivity index (χ2n) is 7.81. The lowest BCUT2D eigenvalue weighted by Gasteiger charge is -2.19. The van der Waals surface area contributed by atoms with Crippen molar-refractivity contribution in [2.45, 2.75) is 17.2 Å². The molecule has 1 amide bonds. The van der Waals surface area contributed by atoms with Crippen molar-refractivity contribution in [3.63, 3.8) is 0 Å². The molecule has 1 atom stereocenters. The van der Waals surface area contributed by atoms with Crippen LogP contribution in [-0.2, 0) is 21.3 Å². The van der Waals surface area contributed by atoms with Crippen molar-refractivity contribution in [2.75, 3.05) is 11.9 Å². The SMILES string of the molecule is NC[C@@H](C(=O)Nc1ccc2cnccc2c1Cc1ccc(S(=O)(=O)O)cc1)c1ccc(Cl)cc1. The Bertz CT molecular complexity index is 1440. The predicted octanol–water partition coefficient (Wildman–Crippen LogP) is 4.41. The summed E-state index contributed by atoms with van der Waals surface area (Å²) in [7, 11) is -4.28. The van der Waals surface area contributed by atoms with Crippen molar-refractivity contribution in [2.24, 2.45) is 5.73 Å². The number of fused-ring (bicyclic) bond motifs is 1. The number of rotatable bonds is 7. The van der Waals surface area contributed by atoms with E-state index >= 15 is 0 Å². The smallest absolute Gasteiger partial charge is 0.294 e. The Morgan fingerprint density at radius 3 is 2.38 bits per heavy atom. The molecule has 4 rings (SSSR count). The van der Waals surface area contributed by atoms with Gasteiger partial charge in [0.1, 0.15) is 0 Å². The summed E-state index contributed by atoms with van der Waals surface area (Å²) in [5.74, 6) is -0.812. The number of pyridine rings is 1. The molecular weight excluding hydrogens is 474 g/mol. The number of halogens is 1. The molecule has 0 bridgehead atoms. The fourth-order valence-electron chi connectivity index (χ4n) is 3.83. The van der Waals surface area contributed by atoms with Gasteiger partial charge in [0.15, 0.2) is 0 Å². The number of aromatic nitrogens is 1. The highest BCUT2D eigenvalue weighted by Gasteiger charge is 2.21. The van der Waals surface area contributed by atoms with Gasteiger partial charge in [-0.25, -0.2) is 0 Å². The second-order valence-corrected chi connectivity index (χ2v) is 9.67. The summed E-state index contributed by atoms with van der Waals surface area (Å²) in [6.45, 7) is 0.122. The summed E-state index contributed by atoms with van der Waals surface area (Å²) < 4.78 is 32.0. The zero-order valence-electron chi connectivity index (χ0n) is 18.0. The molecule has 0 fully saturated rings. The summed E-state index contributed by atoms with van der Waals surface area (Å²) in [5, 5.41) is 5.39. The molecular formula is C25H22ClN3O4S. The maximum Gasteiger partial charge on any atom is 0.294 e. The van der Waals surface area contributed by atoms with Crippen LogP contribution in [0.5, 0.6) is 0 Å². The van der Waals surface area contributed by atoms with Crippen LogP contribution in [0, 0.1) is 0 Å². The van der Waals surface area contributed by atoms with Crippen LogP contribution >= 0.6 is 11.6 Å². The largest absolute Gasteiger partial charge is 0.329 e. The van der Waals surface area contributed by atoms with E-state index in [0.29, 0.717) is 17.1 Å². The molecule has 4 N–H and O–H groups in total. The number of hydrogen-bond donors (Lipinski definition) is 3. The molecule has 0 unspecified atom stereocenters. The molecule has 0 aliphatic rings. The van der Waals surface area contributed by atoms with Crippen LogP contribution in [0.1, 0.15) is 22.6 Å². The number of amides is 1. The third-order valence-corrected chi connectivity index (χ3v) is 6.74. The highest BCUT2D eigenvalue weighted by Crippen LogP contribution is 2.30. The molecule has 0 aliphatic heterocycles. The highest BCUT2D eigenvalue weighted by molar-refractivity contribution is 7.85. The number of hydrogen-bond acceptors (Lipinski definition) is 5. The predicted molar refractivity (Wildman–Crippen MR) is 133 cm³/mol. The zero-order valence-corrected chi connectivity index (χ0v) is 19.6. The Balaban J connectivity index is 1.69. The Morgan fingerprint density at radius 2 is 1.74 bits per heavy atom. The Hall–Kier alpha value is -3.30. The summed E-state index contributed by atoms with van der Waals surface area (Å²) in [4.78, 5) is 17.2. The number of nitrogens with two attached hydrogens (primary N) is 1. The maximum atomic E-state index is 13.2. The molecule has 9 heteroatoms. The van der Waals surface area contributed by atoms with Crippen LogP contribution in [0.2, 0.25) is 5.02 Å². The summed E-state index contributed by atoms with van der Waals surface area (Å²) >= 11 is 5.97. The third-order valence-electron chi connectivity index (χ3n) is 5.62. The molecule has 174 valence electrons. The molecule has 1 aromatic heterocycles. The number of nitrogens with zero attached hydrogens (tertiary/aromatic N) is 1. The number of carbonyl (C=O) groups is 1. The maximum absolute atomic E-state index is 13.2. The van der Waals surface area contributed by atoms with Gasteiger partial charge in [-0.2, -0.15) is 8.42 Å². The molecule has 4 aromatic rings. The average molecular weight is 496 g/mol. The van der Waals surface area contributed by atoms with Crippen molar-refractivity contribution in [3.05, 3.63) is 101 Å². The van der Waals surface area contributed by atoms with Crippen LogP contribution < -0.4 is 11.1 Å². The summed E-state index contributed by atoms with van der Waals surface area (Å²) in [5.41, 5.74) is 8.96. The van der Waals surface area contributed by atoms with E-state index in [1.807, 2.05) is 18.2 Å². The topological polar surface area (TPSA) is 122 Å². The lowest BCUT2D eigenvalue weighted by atomic mass is 9.95. The molecule has 0 saturated carbocycles. The standard InChI is InChI=1S/C25H22ClN3O4S/c26-19-6-3-17(4-7-19)23(14-27)25(30)29-24-10-5-18-15-28-12-11-21(18)22(24)13-16-1-8-20(9-2-16)34(31,32)33/h1-12,15,23H,13-14,27H2,(H,29,30)(H,31,32,33)/t23-/m1/s1. The summed E-state index contributed by atoms with van der Waals surface area (Å²) in [6.07, 6.45) is 3.83. The van der Waals surface area contributed by atoms with E-state index in [2.05, 4.69) is 10.3 Å². The third kappa shape index (κ3) is 5.26. The van der Waals surface area contributed by atoms with E-state index in [4.69, 9.17) is 17.3 Å². The molecule has 0 saturated heterocycles. The monoisotopic (exact) mass is 495 g/mol. The van der Waals surface area contributed by atoms with Crippen molar-refractivity contribution in [1.29, 1.82) is 0 Å². The van der Waals surface area contributed by atoms with Gasteiger partial charge < -0.3 is 11.1 Å². The molecule has 0 radical (unpaired) electrons. The van der Waals surface area contributed by atoms with Crippen LogP contribution in [0.4, 0.5) is 5.69 Å². The first-order chi connectivity index (χ1) is 16.3. The minimum atomic E-state index is -4.28. The molecule has 0 spiro atoms. The van der Waals surface area contributed by atoms with Crippen molar-refractivity contribution < 1.29 is 17.8 Å². The molecule has 34 heavy (non-hydrogen) atoms. The number of nitrogens with one attached hydrogen (secondary N) is 1. The van der Waals surface area contributed by atoms with Gasteiger partial charge in [-0.05, 0) is 58.5 Å². The van der Waals surface area contributed by atoms with Gasteiger partial charge in [0.25, 0.3) is 10.1 Å². The van der Waals surface area contributed by atoms with Gasteiger partial charge in [0.05, 0.1) is 10.8 Å². The quantitative estimate of drug-likeness (QED) is 0.326. The highest BCUT2D eigenvalue weighted by atomic mass is 35.5. The van der Waals surface area contributed by atoms with Crippen LogP contribution in [-0.4, -0.2) is 30.4 Å². The lowest BCUT2D eigenvalue weighted by molar-refractivity contribution is -0.117. The van der Waals surface area contributed by atoms with Gasteiger partial charge in [-0.3, -0.25) is 14.3 Å². The Morgan fingerprint density at radius 1 is 1.03 bits per heavy atom.